The van der Waals surface area contributed by atoms with Crippen molar-refractivity contribution in [2.24, 2.45) is 0 Å². The smallest absolute Gasteiger partial charge is 0.163 e. The van der Waals surface area contributed by atoms with Crippen molar-refractivity contribution in [3.63, 3.8) is 0 Å². The summed E-state index contributed by atoms with van der Waals surface area (Å²) in [5.41, 5.74) is 0.876. The highest BCUT2D eigenvalue weighted by atomic mass is 16.5. The summed E-state index contributed by atoms with van der Waals surface area (Å²) in [5, 5.41) is 11.4. The Bertz CT molecular complexity index is 385. The van der Waals surface area contributed by atoms with Gasteiger partial charge in [0.1, 0.15) is 6.54 Å². The molecule has 4 heteroatoms. The van der Waals surface area contributed by atoms with Gasteiger partial charge in [0.05, 0.1) is 19.3 Å². The van der Waals surface area contributed by atoms with Gasteiger partial charge >= 0.3 is 0 Å². The summed E-state index contributed by atoms with van der Waals surface area (Å²) in [5.74, 6) is 1.52. The van der Waals surface area contributed by atoms with E-state index >= 15 is 0 Å². The van der Waals surface area contributed by atoms with Gasteiger partial charge in [0.25, 0.3) is 0 Å². The second-order valence-corrected chi connectivity index (χ2v) is 3.22. The Morgan fingerprint density at radius 2 is 2.07 bits per heavy atom. The summed E-state index contributed by atoms with van der Waals surface area (Å²) in [7, 11) is 0. The van der Waals surface area contributed by atoms with Gasteiger partial charge in [-0.2, -0.15) is 5.26 Å². The number of benzene rings is 1. The van der Waals surface area contributed by atoms with E-state index in [1.807, 2.05) is 24.3 Å². The molecule has 0 saturated carbocycles. The van der Waals surface area contributed by atoms with Crippen LogP contribution in [0.25, 0.3) is 0 Å². The first-order chi connectivity index (χ1) is 7.40. The largest absolute Gasteiger partial charge is 0.490 e. The molecule has 0 saturated heterocycles. The SMILES string of the molecule is N#CCNc1ccc2c(c1)OCCCO2. The number of nitrogens with zero attached hydrogens (tertiary/aromatic N) is 1. The van der Waals surface area contributed by atoms with Crippen molar-refractivity contribution in [1.29, 1.82) is 5.26 Å². The molecule has 0 unspecified atom stereocenters. The molecule has 15 heavy (non-hydrogen) atoms. The third kappa shape index (κ3) is 2.32. The summed E-state index contributed by atoms with van der Waals surface area (Å²) in [6.45, 7) is 1.66. The van der Waals surface area contributed by atoms with E-state index in [-0.39, 0.29) is 0 Å². The minimum atomic E-state index is 0.291. The molecule has 1 aliphatic heterocycles. The lowest BCUT2D eigenvalue weighted by Crippen LogP contribution is -1.99. The summed E-state index contributed by atoms with van der Waals surface area (Å²) < 4.78 is 11.0. The monoisotopic (exact) mass is 204 g/mol. The highest BCUT2D eigenvalue weighted by Gasteiger charge is 2.09. The molecule has 2 rings (SSSR count). The van der Waals surface area contributed by atoms with Crippen molar-refractivity contribution in [3.8, 4) is 17.6 Å². The molecule has 1 N–H and O–H groups in total. The van der Waals surface area contributed by atoms with E-state index in [0.717, 1.165) is 23.6 Å². The molecule has 1 heterocycles. The zero-order chi connectivity index (χ0) is 10.5. The highest BCUT2D eigenvalue weighted by Crippen LogP contribution is 2.32. The van der Waals surface area contributed by atoms with Crippen molar-refractivity contribution in [2.45, 2.75) is 6.42 Å². The number of ether oxygens (including phenoxy) is 2. The molecule has 0 spiro atoms. The first-order valence-electron chi connectivity index (χ1n) is 4.90. The number of nitrogens with one attached hydrogen (secondary N) is 1. The van der Waals surface area contributed by atoms with Gasteiger partial charge < -0.3 is 14.8 Å². The van der Waals surface area contributed by atoms with E-state index in [4.69, 9.17) is 14.7 Å². The summed E-state index contributed by atoms with van der Waals surface area (Å²) in [6.07, 6.45) is 0.898. The maximum atomic E-state index is 8.44. The van der Waals surface area contributed by atoms with Gasteiger partial charge in [-0.3, -0.25) is 0 Å². The molecule has 0 radical (unpaired) electrons. The zero-order valence-electron chi connectivity index (χ0n) is 8.32. The molecule has 4 nitrogen and oxygen atoms in total. The number of hydrogen-bond acceptors (Lipinski definition) is 4. The molecular weight excluding hydrogens is 192 g/mol. The average molecular weight is 204 g/mol. The molecule has 0 amide bonds. The van der Waals surface area contributed by atoms with E-state index in [1.54, 1.807) is 0 Å². The number of hydrogen-bond donors (Lipinski definition) is 1. The lowest BCUT2D eigenvalue weighted by atomic mass is 10.2. The van der Waals surface area contributed by atoms with Gasteiger partial charge in [-0.15, -0.1) is 0 Å². The Labute approximate surface area is 88.4 Å². The predicted octanol–water partition coefficient (Wildman–Crippen LogP) is 1.78. The Balaban J connectivity index is 2.17. The summed E-state index contributed by atoms with van der Waals surface area (Å²) in [6, 6.07) is 7.63. The molecule has 0 bridgehead atoms. The van der Waals surface area contributed by atoms with E-state index < -0.39 is 0 Å². The first-order valence-corrected chi connectivity index (χ1v) is 4.90. The van der Waals surface area contributed by atoms with Crippen LogP contribution in [0.4, 0.5) is 5.69 Å². The lowest BCUT2D eigenvalue weighted by Gasteiger charge is -2.09. The quantitative estimate of drug-likeness (QED) is 0.746. The number of nitriles is 1. The molecular formula is C11H12N2O2. The summed E-state index contributed by atoms with van der Waals surface area (Å²) in [4.78, 5) is 0. The van der Waals surface area contributed by atoms with Crippen LogP contribution < -0.4 is 14.8 Å². The van der Waals surface area contributed by atoms with Crippen LogP contribution in [0.5, 0.6) is 11.5 Å². The molecule has 1 aromatic carbocycles. The Kier molecular flexibility index (Phi) is 2.93. The zero-order valence-corrected chi connectivity index (χ0v) is 8.32. The highest BCUT2D eigenvalue weighted by molar-refractivity contribution is 5.55. The molecule has 1 aliphatic rings. The fraction of sp³-hybridized carbons (Fsp3) is 0.364. The van der Waals surface area contributed by atoms with Crippen molar-refractivity contribution in [1.82, 2.24) is 0 Å². The second kappa shape index (κ2) is 4.56. The van der Waals surface area contributed by atoms with Crippen molar-refractivity contribution >= 4 is 5.69 Å². The topological polar surface area (TPSA) is 54.3 Å². The minimum Gasteiger partial charge on any atom is -0.490 e. The fourth-order valence-corrected chi connectivity index (χ4v) is 1.41. The van der Waals surface area contributed by atoms with E-state index in [0.29, 0.717) is 19.8 Å². The van der Waals surface area contributed by atoms with Crippen molar-refractivity contribution in [2.75, 3.05) is 25.1 Å². The predicted molar refractivity (Wildman–Crippen MR) is 56.2 cm³/mol. The normalized spacial score (nSPS) is 13.8. The third-order valence-electron chi connectivity index (χ3n) is 2.12. The van der Waals surface area contributed by atoms with E-state index in [2.05, 4.69) is 5.32 Å². The standard InChI is InChI=1S/C11H12N2O2/c12-4-5-13-9-2-3-10-11(8-9)15-7-1-6-14-10/h2-3,8,13H,1,5-7H2. The van der Waals surface area contributed by atoms with Crippen LogP contribution in [-0.4, -0.2) is 19.8 Å². The minimum absolute atomic E-state index is 0.291. The average Bonchev–Trinajstić information content (AvgIpc) is 2.50. The van der Waals surface area contributed by atoms with Crippen LogP contribution in [0.3, 0.4) is 0 Å². The molecule has 0 aliphatic carbocycles. The lowest BCUT2D eigenvalue weighted by molar-refractivity contribution is 0.297. The van der Waals surface area contributed by atoms with Gasteiger partial charge in [0.15, 0.2) is 11.5 Å². The third-order valence-corrected chi connectivity index (χ3v) is 2.12. The van der Waals surface area contributed by atoms with Crippen LogP contribution in [0.2, 0.25) is 0 Å². The molecule has 0 fully saturated rings. The molecule has 78 valence electrons. The molecule has 1 aromatic rings. The molecule has 0 atom stereocenters. The van der Waals surface area contributed by atoms with Gasteiger partial charge in [0, 0.05) is 18.2 Å². The Morgan fingerprint density at radius 3 is 2.87 bits per heavy atom. The van der Waals surface area contributed by atoms with Crippen LogP contribution in [0.1, 0.15) is 6.42 Å². The summed E-state index contributed by atoms with van der Waals surface area (Å²) >= 11 is 0. The van der Waals surface area contributed by atoms with E-state index in [9.17, 15) is 0 Å². The van der Waals surface area contributed by atoms with Crippen molar-refractivity contribution < 1.29 is 9.47 Å². The van der Waals surface area contributed by atoms with E-state index in [1.165, 1.54) is 0 Å². The first kappa shape index (κ1) is 9.66. The van der Waals surface area contributed by atoms with Crippen LogP contribution in [-0.2, 0) is 0 Å². The number of rotatable bonds is 2. The van der Waals surface area contributed by atoms with Crippen molar-refractivity contribution in [3.05, 3.63) is 18.2 Å². The van der Waals surface area contributed by atoms with Crippen LogP contribution in [0, 0.1) is 11.3 Å². The maximum absolute atomic E-state index is 8.44. The fourth-order valence-electron chi connectivity index (χ4n) is 1.41. The van der Waals surface area contributed by atoms with Gasteiger partial charge in [-0.05, 0) is 12.1 Å². The van der Waals surface area contributed by atoms with Crippen LogP contribution >= 0.6 is 0 Å². The second-order valence-electron chi connectivity index (χ2n) is 3.22. The van der Waals surface area contributed by atoms with Gasteiger partial charge in [-0.1, -0.05) is 0 Å². The molecule has 0 aromatic heterocycles. The number of fused-ring (bicyclic) bond motifs is 1. The Hall–Kier alpha value is -1.89. The number of anilines is 1. The van der Waals surface area contributed by atoms with Crippen LogP contribution in [0.15, 0.2) is 18.2 Å². The maximum Gasteiger partial charge on any atom is 0.163 e. The Morgan fingerprint density at radius 1 is 1.27 bits per heavy atom. The van der Waals surface area contributed by atoms with Gasteiger partial charge in [0.2, 0.25) is 0 Å². The van der Waals surface area contributed by atoms with Gasteiger partial charge in [-0.25, -0.2) is 0 Å².